The quantitative estimate of drug-likeness (QED) is 0.701. The Morgan fingerprint density at radius 2 is 2.00 bits per heavy atom. The molecule has 3 heterocycles. The van der Waals surface area contributed by atoms with Gasteiger partial charge in [-0.25, -0.2) is 13.1 Å². The number of thiophene rings is 1. The number of carbonyl (C=O) groups excluding carboxylic acids is 1. The summed E-state index contributed by atoms with van der Waals surface area (Å²) >= 11 is 1.74. The second kappa shape index (κ2) is 9.57. The molecule has 162 valence electrons. The highest BCUT2D eigenvalue weighted by molar-refractivity contribution is 7.89. The summed E-state index contributed by atoms with van der Waals surface area (Å²) in [5.41, 5.74) is 0.404. The fourth-order valence-corrected chi connectivity index (χ4v) is 5.66. The molecule has 0 spiro atoms. The molecule has 30 heavy (non-hydrogen) atoms. The largest absolute Gasteiger partial charge is 0.377 e. The zero-order valence-electron chi connectivity index (χ0n) is 16.8. The van der Waals surface area contributed by atoms with Gasteiger partial charge in [-0.3, -0.25) is 9.69 Å². The minimum atomic E-state index is -3.68. The number of nitrogens with zero attached hydrogens (tertiary/aromatic N) is 2. The summed E-state index contributed by atoms with van der Waals surface area (Å²) in [5, 5.41) is 2.08. The number of hydrogen-bond acceptors (Lipinski definition) is 6. The predicted octanol–water partition coefficient (Wildman–Crippen LogP) is 2.16. The fraction of sp³-hybridized carbons (Fsp3) is 0.476. The molecule has 2 aliphatic rings. The van der Waals surface area contributed by atoms with Gasteiger partial charge in [-0.05, 0) is 42.5 Å². The zero-order valence-corrected chi connectivity index (χ0v) is 18.5. The van der Waals surface area contributed by atoms with Gasteiger partial charge in [0.25, 0.3) is 5.91 Å². The van der Waals surface area contributed by atoms with Gasteiger partial charge in [0.1, 0.15) is 0 Å². The maximum Gasteiger partial charge on any atom is 0.253 e. The van der Waals surface area contributed by atoms with Crippen molar-refractivity contribution in [2.75, 3.05) is 39.3 Å². The van der Waals surface area contributed by atoms with Crippen LogP contribution in [-0.4, -0.2) is 69.6 Å². The number of ether oxygens (including phenoxy) is 1. The van der Waals surface area contributed by atoms with Crippen LogP contribution in [0.4, 0.5) is 0 Å². The number of carbonyl (C=O) groups is 1. The molecule has 1 amide bonds. The van der Waals surface area contributed by atoms with Crippen LogP contribution in [0.2, 0.25) is 0 Å². The van der Waals surface area contributed by atoms with Gasteiger partial charge < -0.3 is 9.64 Å². The molecule has 0 aliphatic carbocycles. The van der Waals surface area contributed by atoms with Crippen molar-refractivity contribution < 1.29 is 17.9 Å². The van der Waals surface area contributed by atoms with Gasteiger partial charge in [-0.1, -0.05) is 12.1 Å². The smallest absolute Gasteiger partial charge is 0.253 e. The molecular weight excluding hydrogens is 422 g/mol. The molecule has 1 atom stereocenters. The van der Waals surface area contributed by atoms with E-state index >= 15 is 0 Å². The lowest BCUT2D eigenvalue weighted by molar-refractivity contribution is 0.0629. The van der Waals surface area contributed by atoms with E-state index < -0.39 is 10.0 Å². The van der Waals surface area contributed by atoms with Crippen molar-refractivity contribution in [2.24, 2.45) is 0 Å². The van der Waals surface area contributed by atoms with E-state index in [2.05, 4.69) is 27.1 Å². The van der Waals surface area contributed by atoms with E-state index in [0.29, 0.717) is 25.3 Å². The monoisotopic (exact) mass is 449 g/mol. The number of rotatable bonds is 7. The van der Waals surface area contributed by atoms with Gasteiger partial charge in [0.15, 0.2) is 0 Å². The molecule has 7 nitrogen and oxygen atoms in total. The molecule has 0 bridgehead atoms. The van der Waals surface area contributed by atoms with Crippen molar-refractivity contribution in [3.63, 3.8) is 0 Å². The first-order chi connectivity index (χ1) is 14.5. The van der Waals surface area contributed by atoms with Gasteiger partial charge >= 0.3 is 0 Å². The first-order valence-corrected chi connectivity index (χ1v) is 12.6. The summed E-state index contributed by atoms with van der Waals surface area (Å²) < 4.78 is 33.4. The van der Waals surface area contributed by atoms with Crippen molar-refractivity contribution >= 4 is 27.3 Å². The van der Waals surface area contributed by atoms with Gasteiger partial charge in [-0.15, -0.1) is 11.3 Å². The fourth-order valence-electron chi connectivity index (χ4n) is 3.80. The van der Waals surface area contributed by atoms with Gasteiger partial charge in [0, 0.05) is 56.3 Å². The molecule has 1 aromatic heterocycles. The van der Waals surface area contributed by atoms with E-state index in [1.165, 1.54) is 17.0 Å². The van der Waals surface area contributed by atoms with E-state index in [4.69, 9.17) is 4.74 Å². The summed E-state index contributed by atoms with van der Waals surface area (Å²) in [6.45, 7) is 4.74. The third-order valence-corrected chi connectivity index (χ3v) is 7.82. The number of benzene rings is 1. The van der Waals surface area contributed by atoms with Crippen molar-refractivity contribution in [1.29, 1.82) is 0 Å². The number of amides is 1. The second-order valence-electron chi connectivity index (χ2n) is 7.66. The average molecular weight is 450 g/mol. The van der Waals surface area contributed by atoms with Crippen LogP contribution in [0.3, 0.4) is 0 Å². The molecule has 2 aromatic rings. The number of hydrogen-bond donors (Lipinski definition) is 1. The van der Waals surface area contributed by atoms with Crippen LogP contribution < -0.4 is 4.72 Å². The first-order valence-electron chi connectivity index (χ1n) is 10.3. The first kappa shape index (κ1) is 21.5. The SMILES string of the molecule is O=C(c1cccc(S(=O)(=O)NC[C@@H]2CCCO2)c1)N1CCN(Cc2cccs2)CC1. The van der Waals surface area contributed by atoms with E-state index in [-0.39, 0.29) is 23.5 Å². The lowest BCUT2D eigenvalue weighted by atomic mass is 10.2. The Hall–Kier alpha value is -1.78. The molecule has 4 rings (SSSR count). The maximum atomic E-state index is 12.9. The molecule has 2 fully saturated rings. The molecule has 1 aromatic carbocycles. The standard InChI is InChI=1S/C21H27N3O4S2/c25-21(24-10-8-23(9-11-24)16-19-6-3-13-29-19)17-4-1-7-20(14-17)30(26,27)22-15-18-5-2-12-28-18/h1,3-4,6-7,13-14,18,22H,2,5,8-12,15-16H2/t18-/m0/s1. The van der Waals surface area contributed by atoms with Crippen molar-refractivity contribution in [3.05, 3.63) is 52.2 Å². The Labute approximate surface area is 181 Å². The highest BCUT2D eigenvalue weighted by Crippen LogP contribution is 2.18. The summed E-state index contributed by atoms with van der Waals surface area (Å²) in [6.07, 6.45) is 1.74. The Morgan fingerprint density at radius 3 is 2.70 bits per heavy atom. The molecule has 0 radical (unpaired) electrons. The van der Waals surface area contributed by atoms with Crippen LogP contribution in [-0.2, 0) is 21.3 Å². The maximum absolute atomic E-state index is 12.9. The van der Waals surface area contributed by atoms with Gasteiger partial charge in [-0.2, -0.15) is 0 Å². The predicted molar refractivity (Wildman–Crippen MR) is 116 cm³/mol. The van der Waals surface area contributed by atoms with E-state index in [1.807, 2.05) is 0 Å². The van der Waals surface area contributed by atoms with Crippen molar-refractivity contribution in [1.82, 2.24) is 14.5 Å². The molecule has 1 N–H and O–H groups in total. The Bertz CT molecular complexity index is 948. The van der Waals surface area contributed by atoms with Crippen LogP contribution in [0, 0.1) is 0 Å². The van der Waals surface area contributed by atoms with Crippen LogP contribution in [0.15, 0.2) is 46.7 Å². The number of sulfonamides is 1. The lowest BCUT2D eigenvalue weighted by Crippen LogP contribution is -2.48. The van der Waals surface area contributed by atoms with Gasteiger partial charge in [0.2, 0.25) is 10.0 Å². The highest BCUT2D eigenvalue weighted by atomic mass is 32.2. The molecular formula is C21H27N3O4S2. The normalized spacial score (nSPS) is 20.5. The van der Waals surface area contributed by atoms with Crippen LogP contribution >= 0.6 is 11.3 Å². The highest BCUT2D eigenvalue weighted by Gasteiger charge is 2.25. The van der Waals surface area contributed by atoms with Crippen molar-refractivity contribution in [2.45, 2.75) is 30.4 Å². The Morgan fingerprint density at radius 1 is 1.17 bits per heavy atom. The summed E-state index contributed by atoms with van der Waals surface area (Å²) in [4.78, 5) is 18.5. The Kier molecular flexibility index (Phi) is 6.84. The minimum Gasteiger partial charge on any atom is -0.377 e. The van der Waals surface area contributed by atoms with Crippen LogP contribution in [0.1, 0.15) is 28.1 Å². The molecule has 2 aliphatic heterocycles. The Balaban J connectivity index is 1.35. The number of piperazine rings is 1. The van der Waals surface area contributed by atoms with Gasteiger partial charge in [0.05, 0.1) is 11.0 Å². The molecule has 0 saturated carbocycles. The second-order valence-corrected chi connectivity index (χ2v) is 10.5. The van der Waals surface area contributed by atoms with E-state index in [9.17, 15) is 13.2 Å². The summed E-state index contributed by atoms with van der Waals surface area (Å²) in [6, 6.07) is 10.5. The topological polar surface area (TPSA) is 78.9 Å². The summed E-state index contributed by atoms with van der Waals surface area (Å²) in [7, 11) is -3.68. The van der Waals surface area contributed by atoms with E-state index in [1.54, 1.807) is 28.4 Å². The van der Waals surface area contributed by atoms with E-state index in [0.717, 1.165) is 32.5 Å². The van der Waals surface area contributed by atoms with Crippen LogP contribution in [0.5, 0.6) is 0 Å². The number of nitrogens with one attached hydrogen (secondary N) is 1. The molecule has 0 unspecified atom stereocenters. The third kappa shape index (κ3) is 5.28. The average Bonchev–Trinajstić information content (AvgIpc) is 3.47. The minimum absolute atomic E-state index is 0.0740. The van der Waals surface area contributed by atoms with Crippen LogP contribution in [0.25, 0.3) is 0 Å². The molecule has 2 saturated heterocycles. The lowest BCUT2D eigenvalue weighted by Gasteiger charge is -2.34. The molecule has 9 heteroatoms. The third-order valence-electron chi connectivity index (χ3n) is 5.54. The summed E-state index contributed by atoms with van der Waals surface area (Å²) in [5.74, 6) is -0.123. The zero-order chi connectivity index (χ0) is 21.0. The van der Waals surface area contributed by atoms with Crippen molar-refractivity contribution in [3.8, 4) is 0 Å².